The van der Waals surface area contributed by atoms with Crippen LogP contribution >= 0.6 is 0 Å². The highest BCUT2D eigenvalue weighted by atomic mass is 16.3. The third kappa shape index (κ3) is 5.80. The molecule has 0 saturated heterocycles. The zero-order valence-electron chi connectivity index (χ0n) is 6.01. The van der Waals surface area contributed by atoms with Crippen LogP contribution in [0.2, 0.25) is 0 Å². The molecule has 0 rings (SSSR count). The monoisotopic (exact) mass is 132 g/mol. The fourth-order valence-electron chi connectivity index (χ4n) is 0.721. The molecule has 0 fully saturated rings. The van der Waals surface area contributed by atoms with Crippen molar-refractivity contribution in [3.05, 3.63) is 0 Å². The van der Waals surface area contributed by atoms with E-state index in [0.29, 0.717) is 0 Å². The van der Waals surface area contributed by atoms with Crippen molar-refractivity contribution in [3.63, 3.8) is 0 Å². The van der Waals surface area contributed by atoms with Crippen molar-refractivity contribution in [2.24, 2.45) is 0 Å². The summed E-state index contributed by atoms with van der Waals surface area (Å²) in [5.41, 5.74) is 0. The highest BCUT2D eigenvalue weighted by Gasteiger charge is 1.98. The van der Waals surface area contributed by atoms with Crippen LogP contribution in [0.1, 0.15) is 32.6 Å². The Balaban J connectivity index is 2.88. The molecule has 0 aromatic carbocycles. The molecule has 56 valence electrons. The van der Waals surface area contributed by atoms with Crippen LogP contribution in [-0.4, -0.2) is 22.9 Å². The summed E-state index contributed by atoms with van der Waals surface area (Å²) < 4.78 is 0. The zero-order chi connectivity index (χ0) is 7.11. The smallest absolute Gasteiger partial charge is 0.0770 e. The number of aliphatic hydroxyl groups is 2. The minimum atomic E-state index is -0.489. The van der Waals surface area contributed by atoms with Crippen LogP contribution in [0.3, 0.4) is 0 Å². The topological polar surface area (TPSA) is 40.5 Å². The first kappa shape index (κ1) is 8.92. The van der Waals surface area contributed by atoms with Gasteiger partial charge in [-0.1, -0.05) is 26.2 Å². The lowest BCUT2D eigenvalue weighted by Gasteiger charge is -2.04. The number of aliphatic hydroxyl groups excluding tert-OH is 2. The fourth-order valence-corrected chi connectivity index (χ4v) is 0.721. The molecule has 0 spiro atoms. The second-order valence-electron chi connectivity index (χ2n) is 2.33. The Morgan fingerprint density at radius 2 is 2.00 bits per heavy atom. The van der Waals surface area contributed by atoms with Crippen molar-refractivity contribution in [2.75, 3.05) is 6.61 Å². The molecule has 0 aliphatic heterocycles. The molecule has 0 saturated carbocycles. The van der Waals surface area contributed by atoms with Gasteiger partial charge in [-0.05, 0) is 6.42 Å². The molecule has 2 nitrogen and oxygen atoms in total. The van der Waals surface area contributed by atoms with E-state index in [0.717, 1.165) is 25.7 Å². The lowest BCUT2D eigenvalue weighted by Crippen LogP contribution is -2.10. The van der Waals surface area contributed by atoms with Crippen LogP contribution in [0, 0.1) is 0 Å². The Labute approximate surface area is 56.5 Å². The van der Waals surface area contributed by atoms with Gasteiger partial charge in [-0.2, -0.15) is 0 Å². The van der Waals surface area contributed by atoms with Gasteiger partial charge in [0.25, 0.3) is 0 Å². The van der Waals surface area contributed by atoms with Crippen LogP contribution in [0.4, 0.5) is 0 Å². The molecular formula is C7H16O2. The predicted octanol–water partition coefficient (Wildman–Crippen LogP) is 0.920. The lowest BCUT2D eigenvalue weighted by molar-refractivity contribution is 0.0861. The number of unbranched alkanes of at least 4 members (excludes halogenated alkanes) is 2. The summed E-state index contributed by atoms with van der Waals surface area (Å²) in [4.78, 5) is 0. The number of rotatable bonds is 5. The Hall–Kier alpha value is -0.0800. The van der Waals surface area contributed by atoms with Gasteiger partial charge >= 0.3 is 0 Å². The van der Waals surface area contributed by atoms with E-state index in [-0.39, 0.29) is 6.61 Å². The normalized spacial score (nSPS) is 13.7. The summed E-state index contributed by atoms with van der Waals surface area (Å²) in [6.45, 7) is 2.02. The Morgan fingerprint density at radius 1 is 1.33 bits per heavy atom. The first-order chi connectivity index (χ1) is 4.31. The average Bonchev–Trinajstić information content (AvgIpc) is 1.89. The third-order valence-corrected chi connectivity index (χ3v) is 1.35. The van der Waals surface area contributed by atoms with Crippen LogP contribution in [-0.2, 0) is 0 Å². The first-order valence-corrected chi connectivity index (χ1v) is 3.60. The van der Waals surface area contributed by atoms with Gasteiger partial charge in [-0.15, -0.1) is 0 Å². The maximum Gasteiger partial charge on any atom is 0.0770 e. The van der Waals surface area contributed by atoms with Crippen LogP contribution in [0.25, 0.3) is 0 Å². The maximum atomic E-state index is 8.83. The molecule has 0 aliphatic carbocycles. The summed E-state index contributed by atoms with van der Waals surface area (Å²) in [7, 11) is 0. The zero-order valence-corrected chi connectivity index (χ0v) is 6.01. The van der Waals surface area contributed by atoms with E-state index in [1.165, 1.54) is 0 Å². The van der Waals surface area contributed by atoms with Gasteiger partial charge in [-0.25, -0.2) is 0 Å². The van der Waals surface area contributed by atoms with E-state index in [2.05, 4.69) is 6.92 Å². The SMILES string of the molecule is CCCCC[C@@H](O)CO. The molecule has 0 aliphatic rings. The van der Waals surface area contributed by atoms with Gasteiger partial charge in [0.05, 0.1) is 12.7 Å². The Kier molecular flexibility index (Phi) is 5.99. The van der Waals surface area contributed by atoms with Gasteiger partial charge in [0.1, 0.15) is 0 Å². The lowest BCUT2D eigenvalue weighted by atomic mass is 10.1. The minimum Gasteiger partial charge on any atom is -0.394 e. The largest absolute Gasteiger partial charge is 0.394 e. The molecular weight excluding hydrogens is 116 g/mol. The fraction of sp³-hybridized carbons (Fsp3) is 1.00. The summed E-state index contributed by atoms with van der Waals surface area (Å²) >= 11 is 0. The molecule has 0 radical (unpaired) electrons. The molecule has 0 bridgehead atoms. The van der Waals surface area contributed by atoms with E-state index < -0.39 is 6.10 Å². The van der Waals surface area contributed by atoms with Crippen molar-refractivity contribution in [1.82, 2.24) is 0 Å². The van der Waals surface area contributed by atoms with Gasteiger partial charge in [-0.3, -0.25) is 0 Å². The number of hydrogen-bond acceptors (Lipinski definition) is 2. The van der Waals surface area contributed by atoms with Crippen LogP contribution in [0.5, 0.6) is 0 Å². The standard InChI is InChI=1S/C7H16O2/c1-2-3-4-5-7(9)6-8/h7-9H,2-6H2,1H3/t7-/m1/s1. The predicted molar refractivity (Wildman–Crippen MR) is 37.2 cm³/mol. The Bertz CT molecular complexity index is 54.9. The van der Waals surface area contributed by atoms with Gasteiger partial charge < -0.3 is 10.2 Å². The van der Waals surface area contributed by atoms with E-state index in [4.69, 9.17) is 10.2 Å². The highest BCUT2D eigenvalue weighted by Crippen LogP contribution is 2.01. The maximum absolute atomic E-state index is 8.83. The molecule has 0 unspecified atom stereocenters. The molecule has 0 aromatic rings. The van der Waals surface area contributed by atoms with E-state index in [9.17, 15) is 0 Å². The summed E-state index contributed by atoms with van der Waals surface area (Å²) in [5.74, 6) is 0. The Morgan fingerprint density at radius 3 is 2.44 bits per heavy atom. The second-order valence-corrected chi connectivity index (χ2v) is 2.33. The molecule has 0 heterocycles. The minimum absolute atomic E-state index is 0.0935. The van der Waals surface area contributed by atoms with Crippen molar-refractivity contribution in [2.45, 2.75) is 38.7 Å². The van der Waals surface area contributed by atoms with E-state index in [1.807, 2.05) is 0 Å². The van der Waals surface area contributed by atoms with E-state index >= 15 is 0 Å². The molecule has 1 atom stereocenters. The summed E-state index contributed by atoms with van der Waals surface area (Å²) in [5, 5.41) is 17.2. The van der Waals surface area contributed by atoms with E-state index in [1.54, 1.807) is 0 Å². The average molecular weight is 132 g/mol. The third-order valence-electron chi connectivity index (χ3n) is 1.35. The second kappa shape index (κ2) is 6.05. The van der Waals surface area contributed by atoms with Gasteiger partial charge in [0, 0.05) is 0 Å². The van der Waals surface area contributed by atoms with Crippen molar-refractivity contribution in [3.8, 4) is 0 Å². The molecule has 0 amide bonds. The van der Waals surface area contributed by atoms with Gasteiger partial charge in [0.15, 0.2) is 0 Å². The van der Waals surface area contributed by atoms with Crippen LogP contribution < -0.4 is 0 Å². The molecule has 0 aromatic heterocycles. The van der Waals surface area contributed by atoms with Crippen molar-refractivity contribution in [1.29, 1.82) is 0 Å². The molecule has 2 heteroatoms. The van der Waals surface area contributed by atoms with Gasteiger partial charge in [0.2, 0.25) is 0 Å². The number of hydrogen-bond donors (Lipinski definition) is 2. The molecule has 9 heavy (non-hydrogen) atoms. The summed E-state index contributed by atoms with van der Waals surface area (Å²) in [6, 6.07) is 0. The summed E-state index contributed by atoms with van der Waals surface area (Å²) in [6.07, 6.45) is 3.59. The quantitative estimate of drug-likeness (QED) is 0.546. The van der Waals surface area contributed by atoms with Crippen molar-refractivity contribution < 1.29 is 10.2 Å². The highest BCUT2D eigenvalue weighted by molar-refractivity contribution is 4.51. The first-order valence-electron chi connectivity index (χ1n) is 3.60. The molecule has 2 N–H and O–H groups in total. The van der Waals surface area contributed by atoms with Crippen LogP contribution in [0.15, 0.2) is 0 Å². The van der Waals surface area contributed by atoms with Crippen molar-refractivity contribution >= 4 is 0 Å².